The molecule has 0 radical (unpaired) electrons. The second-order valence-corrected chi connectivity index (χ2v) is 4.26. The van der Waals surface area contributed by atoms with Crippen molar-refractivity contribution in [3.63, 3.8) is 0 Å². The first kappa shape index (κ1) is 12.6. The fraction of sp³-hybridized carbons (Fsp3) is 0.357. The number of carbonyl (C=O) groups excluding carboxylic acids is 1. The van der Waals surface area contributed by atoms with Crippen molar-refractivity contribution < 1.29 is 9.18 Å². The summed E-state index contributed by atoms with van der Waals surface area (Å²) in [6, 6.07) is 4.80. The Morgan fingerprint density at radius 2 is 2.00 bits per heavy atom. The number of aryl methyl sites for hydroxylation is 1. The molecule has 1 aromatic heterocycles. The molecule has 1 aromatic carbocycles. The third kappa shape index (κ3) is 1.88. The maximum Gasteiger partial charge on any atom is 0.256 e. The van der Waals surface area contributed by atoms with E-state index in [0.717, 1.165) is 0 Å². The number of nitrogens with zero attached hydrogens (tertiary/aromatic N) is 1. The highest BCUT2D eigenvalue weighted by Crippen LogP contribution is 2.25. The average Bonchev–Trinajstić information content (AvgIpc) is 2.68. The number of carbonyl (C=O) groups is 1. The number of hydrogen-bond acceptors (Lipinski definition) is 1. The second-order valence-electron chi connectivity index (χ2n) is 4.26. The van der Waals surface area contributed by atoms with Crippen LogP contribution in [0.15, 0.2) is 18.2 Å². The summed E-state index contributed by atoms with van der Waals surface area (Å²) in [6.07, 6.45) is 0. The van der Waals surface area contributed by atoms with E-state index in [4.69, 9.17) is 0 Å². The number of halogens is 1. The van der Waals surface area contributed by atoms with E-state index >= 15 is 0 Å². The van der Waals surface area contributed by atoms with Gasteiger partial charge in [0.2, 0.25) is 0 Å². The fourth-order valence-corrected chi connectivity index (χ4v) is 2.26. The highest BCUT2D eigenvalue weighted by molar-refractivity contribution is 6.08. The largest absolute Gasteiger partial charge is 0.356 e. The van der Waals surface area contributed by atoms with E-state index in [2.05, 4.69) is 4.98 Å². The molecular formula is C14H17FN2O. The second kappa shape index (κ2) is 4.80. The lowest BCUT2D eigenvalue weighted by molar-refractivity contribution is 0.0774. The number of aromatic amines is 1. The first-order valence-corrected chi connectivity index (χ1v) is 6.16. The van der Waals surface area contributed by atoms with Crippen LogP contribution in [-0.2, 0) is 0 Å². The minimum Gasteiger partial charge on any atom is -0.356 e. The smallest absolute Gasteiger partial charge is 0.256 e. The Morgan fingerprint density at radius 1 is 1.33 bits per heavy atom. The minimum atomic E-state index is -0.325. The lowest BCUT2D eigenvalue weighted by Crippen LogP contribution is -2.30. The van der Waals surface area contributed by atoms with Crippen molar-refractivity contribution in [2.75, 3.05) is 13.1 Å². The number of rotatable bonds is 3. The zero-order chi connectivity index (χ0) is 13.3. The molecule has 0 bridgehead atoms. The monoisotopic (exact) mass is 248 g/mol. The van der Waals surface area contributed by atoms with Crippen molar-refractivity contribution >= 4 is 16.8 Å². The molecule has 0 spiro atoms. The number of amides is 1. The van der Waals surface area contributed by atoms with Gasteiger partial charge < -0.3 is 9.88 Å². The predicted molar refractivity (Wildman–Crippen MR) is 70.2 cm³/mol. The van der Waals surface area contributed by atoms with Gasteiger partial charge in [-0.25, -0.2) is 4.39 Å². The van der Waals surface area contributed by atoms with Gasteiger partial charge >= 0.3 is 0 Å². The van der Waals surface area contributed by atoms with Gasteiger partial charge in [0.25, 0.3) is 5.91 Å². The average molecular weight is 248 g/mol. The maximum absolute atomic E-state index is 13.7. The van der Waals surface area contributed by atoms with Crippen molar-refractivity contribution in [2.24, 2.45) is 0 Å². The van der Waals surface area contributed by atoms with Crippen molar-refractivity contribution in [3.05, 3.63) is 35.3 Å². The Balaban J connectivity index is 2.61. The van der Waals surface area contributed by atoms with Gasteiger partial charge in [-0.3, -0.25) is 4.79 Å². The molecule has 3 nitrogen and oxygen atoms in total. The molecule has 1 heterocycles. The van der Waals surface area contributed by atoms with Crippen LogP contribution in [0.2, 0.25) is 0 Å². The van der Waals surface area contributed by atoms with Gasteiger partial charge in [0, 0.05) is 24.2 Å². The van der Waals surface area contributed by atoms with Crippen LogP contribution >= 0.6 is 0 Å². The highest BCUT2D eigenvalue weighted by atomic mass is 19.1. The van der Waals surface area contributed by atoms with Crippen LogP contribution in [0.5, 0.6) is 0 Å². The lowest BCUT2D eigenvalue weighted by Gasteiger charge is -2.18. The molecule has 0 saturated carbocycles. The van der Waals surface area contributed by atoms with Gasteiger partial charge in [-0.2, -0.15) is 0 Å². The quantitative estimate of drug-likeness (QED) is 0.890. The van der Waals surface area contributed by atoms with E-state index in [9.17, 15) is 9.18 Å². The molecule has 96 valence electrons. The number of hydrogen-bond donors (Lipinski definition) is 1. The van der Waals surface area contributed by atoms with Gasteiger partial charge in [0.05, 0.1) is 11.1 Å². The summed E-state index contributed by atoms with van der Waals surface area (Å²) in [5, 5.41) is 0.657. The molecule has 1 N–H and O–H groups in total. The maximum atomic E-state index is 13.7. The standard InChI is InChI=1S/C14H17FN2O/c1-4-17(5-2)14(18)12-9(3)16-13-10(12)7-6-8-11(13)15/h6-8,16H,4-5H2,1-3H3. The molecule has 18 heavy (non-hydrogen) atoms. The van der Waals surface area contributed by atoms with Crippen LogP contribution < -0.4 is 0 Å². The third-order valence-corrected chi connectivity index (χ3v) is 3.23. The third-order valence-electron chi connectivity index (χ3n) is 3.23. The summed E-state index contributed by atoms with van der Waals surface area (Å²) in [5.74, 6) is -0.372. The summed E-state index contributed by atoms with van der Waals surface area (Å²) in [6.45, 7) is 6.97. The van der Waals surface area contributed by atoms with Crippen molar-refractivity contribution in [3.8, 4) is 0 Å². The zero-order valence-corrected chi connectivity index (χ0v) is 10.9. The van der Waals surface area contributed by atoms with Gasteiger partial charge in [-0.1, -0.05) is 12.1 Å². The normalized spacial score (nSPS) is 10.9. The van der Waals surface area contributed by atoms with E-state index in [1.807, 2.05) is 13.8 Å². The Kier molecular flexibility index (Phi) is 3.36. The van der Waals surface area contributed by atoms with E-state index in [0.29, 0.717) is 35.2 Å². The number of H-pyrrole nitrogens is 1. The predicted octanol–water partition coefficient (Wildman–Crippen LogP) is 3.10. The summed E-state index contributed by atoms with van der Waals surface area (Å²) < 4.78 is 13.7. The van der Waals surface area contributed by atoms with Crippen LogP contribution in [0, 0.1) is 12.7 Å². The molecule has 0 saturated heterocycles. The van der Waals surface area contributed by atoms with E-state index < -0.39 is 0 Å². The van der Waals surface area contributed by atoms with Crippen molar-refractivity contribution in [2.45, 2.75) is 20.8 Å². The Bertz CT molecular complexity index is 585. The first-order chi connectivity index (χ1) is 8.60. The number of para-hydroxylation sites is 1. The Hall–Kier alpha value is -1.84. The summed E-state index contributed by atoms with van der Waals surface area (Å²) in [7, 11) is 0. The van der Waals surface area contributed by atoms with Crippen LogP contribution in [0.3, 0.4) is 0 Å². The molecule has 0 aliphatic rings. The van der Waals surface area contributed by atoms with Crippen molar-refractivity contribution in [1.29, 1.82) is 0 Å². The molecule has 0 aliphatic carbocycles. The van der Waals surface area contributed by atoms with E-state index in [1.54, 1.807) is 24.0 Å². The van der Waals surface area contributed by atoms with Gasteiger partial charge in [-0.05, 0) is 26.8 Å². The number of fused-ring (bicyclic) bond motifs is 1. The Labute approximate surface area is 106 Å². The topological polar surface area (TPSA) is 36.1 Å². The SMILES string of the molecule is CCN(CC)C(=O)c1c(C)[nH]c2c(F)cccc12. The summed E-state index contributed by atoms with van der Waals surface area (Å²) in [4.78, 5) is 17.1. The van der Waals surface area contributed by atoms with Crippen molar-refractivity contribution in [1.82, 2.24) is 9.88 Å². The fourth-order valence-electron chi connectivity index (χ4n) is 2.26. The van der Waals surface area contributed by atoms with Crippen LogP contribution in [0.25, 0.3) is 10.9 Å². The van der Waals surface area contributed by atoms with Gasteiger partial charge in [-0.15, -0.1) is 0 Å². The van der Waals surface area contributed by atoms with E-state index in [1.165, 1.54) is 6.07 Å². The molecular weight excluding hydrogens is 231 g/mol. The molecule has 0 aliphatic heterocycles. The number of benzene rings is 1. The Morgan fingerprint density at radius 3 is 2.61 bits per heavy atom. The molecule has 2 rings (SSSR count). The molecule has 0 atom stereocenters. The summed E-state index contributed by atoms with van der Waals surface area (Å²) in [5.41, 5.74) is 1.70. The van der Waals surface area contributed by atoms with Crippen LogP contribution in [0.1, 0.15) is 29.9 Å². The van der Waals surface area contributed by atoms with Crippen LogP contribution in [-0.4, -0.2) is 28.9 Å². The molecule has 1 amide bonds. The number of nitrogens with one attached hydrogen (secondary N) is 1. The highest BCUT2D eigenvalue weighted by Gasteiger charge is 2.20. The van der Waals surface area contributed by atoms with E-state index in [-0.39, 0.29) is 11.7 Å². The van der Waals surface area contributed by atoms with Gasteiger partial charge in [0.1, 0.15) is 5.82 Å². The first-order valence-electron chi connectivity index (χ1n) is 6.16. The lowest BCUT2D eigenvalue weighted by atomic mass is 10.1. The number of aromatic nitrogens is 1. The minimum absolute atomic E-state index is 0.0469. The molecule has 2 aromatic rings. The molecule has 0 fully saturated rings. The van der Waals surface area contributed by atoms with Crippen LogP contribution in [0.4, 0.5) is 4.39 Å². The van der Waals surface area contributed by atoms with Gasteiger partial charge in [0.15, 0.2) is 0 Å². The summed E-state index contributed by atoms with van der Waals surface area (Å²) >= 11 is 0. The zero-order valence-electron chi connectivity index (χ0n) is 10.9. The molecule has 4 heteroatoms. The molecule has 0 unspecified atom stereocenters.